The van der Waals surface area contributed by atoms with Crippen LogP contribution in [0.3, 0.4) is 0 Å². The van der Waals surface area contributed by atoms with Crippen molar-refractivity contribution < 1.29 is 0 Å². The third-order valence-corrected chi connectivity index (χ3v) is 4.31. The lowest BCUT2D eigenvalue weighted by molar-refractivity contribution is 0.396. The Morgan fingerprint density at radius 2 is 2.10 bits per heavy atom. The number of thiophene rings is 1. The molecule has 0 spiro atoms. The number of nitrogens with zero attached hydrogens (tertiary/aromatic N) is 3. The van der Waals surface area contributed by atoms with E-state index in [0.717, 1.165) is 23.3 Å². The molecule has 0 bridgehead atoms. The van der Waals surface area contributed by atoms with Gasteiger partial charge in [0.1, 0.15) is 5.82 Å². The van der Waals surface area contributed by atoms with E-state index >= 15 is 0 Å². The predicted octanol–water partition coefficient (Wildman–Crippen LogP) is 4.32. The molecule has 3 rings (SSSR count). The van der Waals surface area contributed by atoms with E-state index in [0.29, 0.717) is 5.56 Å². The number of rotatable bonds is 2. The van der Waals surface area contributed by atoms with E-state index < -0.39 is 0 Å². The number of hydrogen-bond donors (Lipinski definition) is 0. The molecule has 4 heteroatoms. The van der Waals surface area contributed by atoms with E-state index in [-0.39, 0.29) is 5.54 Å². The molecule has 0 radical (unpaired) electrons. The lowest BCUT2D eigenvalue weighted by Gasteiger charge is -2.24. The van der Waals surface area contributed by atoms with Gasteiger partial charge in [-0.25, -0.2) is 4.98 Å². The highest BCUT2D eigenvalue weighted by molar-refractivity contribution is 7.09. The normalized spacial score (nSPS) is 11.7. The van der Waals surface area contributed by atoms with Crippen LogP contribution in [0.25, 0.3) is 11.0 Å². The van der Waals surface area contributed by atoms with E-state index in [1.807, 2.05) is 18.2 Å². The predicted molar refractivity (Wildman–Crippen MR) is 86.6 cm³/mol. The number of fused-ring (bicyclic) bond motifs is 1. The molecule has 2 heterocycles. The summed E-state index contributed by atoms with van der Waals surface area (Å²) < 4.78 is 2.28. The topological polar surface area (TPSA) is 41.6 Å². The molecular formula is C17H17N3S. The van der Waals surface area contributed by atoms with Gasteiger partial charge in [0.05, 0.1) is 22.7 Å². The van der Waals surface area contributed by atoms with Gasteiger partial charge in [0, 0.05) is 16.8 Å². The van der Waals surface area contributed by atoms with Crippen LogP contribution in [0.5, 0.6) is 0 Å². The molecule has 0 aliphatic rings. The van der Waals surface area contributed by atoms with Gasteiger partial charge in [-0.1, -0.05) is 6.07 Å². The SMILES string of the molecule is CC(C)(C)n1c(Cc2cccs2)nc2cc(C#N)ccc21. The van der Waals surface area contributed by atoms with Crippen LogP contribution < -0.4 is 0 Å². The Hall–Kier alpha value is -2.12. The van der Waals surface area contributed by atoms with Crippen molar-refractivity contribution >= 4 is 22.4 Å². The van der Waals surface area contributed by atoms with Gasteiger partial charge in [-0.2, -0.15) is 5.26 Å². The molecule has 0 N–H and O–H groups in total. The highest BCUT2D eigenvalue weighted by atomic mass is 32.1. The van der Waals surface area contributed by atoms with Crippen molar-refractivity contribution in [3.05, 3.63) is 52.0 Å². The Kier molecular flexibility index (Phi) is 3.30. The van der Waals surface area contributed by atoms with Crippen LogP contribution in [0.15, 0.2) is 35.7 Å². The molecule has 1 aromatic carbocycles. The number of hydrogen-bond acceptors (Lipinski definition) is 3. The molecule has 0 fully saturated rings. The van der Waals surface area contributed by atoms with Gasteiger partial charge in [-0.3, -0.25) is 0 Å². The maximum absolute atomic E-state index is 9.06. The second kappa shape index (κ2) is 5.01. The van der Waals surface area contributed by atoms with Gasteiger partial charge in [-0.05, 0) is 50.4 Å². The van der Waals surface area contributed by atoms with E-state index in [1.165, 1.54) is 4.88 Å². The number of aromatic nitrogens is 2. The van der Waals surface area contributed by atoms with Crippen molar-refractivity contribution in [1.29, 1.82) is 5.26 Å². The monoisotopic (exact) mass is 295 g/mol. The number of imidazole rings is 1. The van der Waals surface area contributed by atoms with Crippen molar-refractivity contribution in [2.75, 3.05) is 0 Å². The molecule has 0 unspecified atom stereocenters. The minimum absolute atomic E-state index is 0.0461. The summed E-state index contributed by atoms with van der Waals surface area (Å²) in [7, 11) is 0. The van der Waals surface area contributed by atoms with Crippen molar-refractivity contribution in [2.45, 2.75) is 32.7 Å². The van der Waals surface area contributed by atoms with Crippen LogP contribution >= 0.6 is 11.3 Å². The van der Waals surface area contributed by atoms with Gasteiger partial charge in [0.25, 0.3) is 0 Å². The number of nitriles is 1. The number of benzene rings is 1. The fourth-order valence-corrected chi connectivity index (χ4v) is 3.34. The van der Waals surface area contributed by atoms with Crippen LogP contribution in [-0.2, 0) is 12.0 Å². The summed E-state index contributed by atoms with van der Waals surface area (Å²) in [5, 5.41) is 11.1. The quantitative estimate of drug-likeness (QED) is 0.706. The van der Waals surface area contributed by atoms with Gasteiger partial charge in [0.2, 0.25) is 0 Å². The molecule has 0 aliphatic carbocycles. The summed E-state index contributed by atoms with van der Waals surface area (Å²) in [5.74, 6) is 1.05. The third-order valence-electron chi connectivity index (χ3n) is 3.44. The average molecular weight is 295 g/mol. The molecule has 3 aromatic rings. The first-order valence-corrected chi connectivity index (χ1v) is 7.81. The van der Waals surface area contributed by atoms with Crippen molar-refractivity contribution in [3.8, 4) is 6.07 Å². The van der Waals surface area contributed by atoms with Gasteiger partial charge in [-0.15, -0.1) is 11.3 Å². The van der Waals surface area contributed by atoms with Gasteiger partial charge in [0.15, 0.2) is 0 Å². The zero-order valence-corrected chi connectivity index (χ0v) is 13.2. The summed E-state index contributed by atoms with van der Waals surface area (Å²) in [6, 6.07) is 12.1. The lowest BCUT2D eigenvalue weighted by atomic mass is 10.1. The molecule has 0 saturated heterocycles. The van der Waals surface area contributed by atoms with Crippen LogP contribution in [0, 0.1) is 11.3 Å². The summed E-state index contributed by atoms with van der Waals surface area (Å²) in [6.45, 7) is 6.55. The zero-order valence-electron chi connectivity index (χ0n) is 12.4. The largest absolute Gasteiger partial charge is 0.322 e. The van der Waals surface area contributed by atoms with E-state index in [9.17, 15) is 0 Å². The third kappa shape index (κ3) is 2.57. The van der Waals surface area contributed by atoms with Crippen LogP contribution in [-0.4, -0.2) is 9.55 Å². The molecule has 21 heavy (non-hydrogen) atoms. The second-order valence-corrected chi connectivity index (χ2v) is 7.14. The lowest BCUT2D eigenvalue weighted by Crippen LogP contribution is -2.24. The maximum atomic E-state index is 9.06. The van der Waals surface area contributed by atoms with Crippen molar-refractivity contribution in [1.82, 2.24) is 9.55 Å². The second-order valence-electron chi connectivity index (χ2n) is 6.11. The highest BCUT2D eigenvalue weighted by Gasteiger charge is 2.21. The summed E-state index contributed by atoms with van der Waals surface area (Å²) in [6.07, 6.45) is 0.825. The van der Waals surface area contributed by atoms with Crippen LogP contribution in [0.4, 0.5) is 0 Å². The zero-order chi connectivity index (χ0) is 15.0. The maximum Gasteiger partial charge on any atom is 0.115 e. The fraction of sp³-hybridized carbons (Fsp3) is 0.294. The van der Waals surface area contributed by atoms with Crippen LogP contribution in [0.1, 0.15) is 37.0 Å². The highest BCUT2D eigenvalue weighted by Crippen LogP contribution is 2.28. The molecule has 0 atom stereocenters. The smallest absolute Gasteiger partial charge is 0.115 e. The van der Waals surface area contributed by atoms with E-state index in [4.69, 9.17) is 10.2 Å². The standard InChI is InChI=1S/C17H17N3S/c1-17(2,3)20-15-7-6-12(11-18)9-14(15)19-16(20)10-13-5-4-8-21-13/h4-9H,10H2,1-3H3. The first kappa shape index (κ1) is 13.8. The fourth-order valence-electron chi connectivity index (χ4n) is 2.64. The van der Waals surface area contributed by atoms with Gasteiger partial charge >= 0.3 is 0 Å². The summed E-state index contributed by atoms with van der Waals surface area (Å²) in [4.78, 5) is 6.08. The first-order chi connectivity index (χ1) is 9.99. The average Bonchev–Trinajstić information content (AvgIpc) is 3.03. The Morgan fingerprint density at radius 1 is 1.29 bits per heavy atom. The first-order valence-electron chi connectivity index (χ1n) is 6.93. The Bertz CT molecular complexity index is 814. The molecular weight excluding hydrogens is 278 g/mol. The van der Waals surface area contributed by atoms with E-state index in [1.54, 1.807) is 11.3 Å². The minimum atomic E-state index is -0.0461. The molecule has 2 aromatic heterocycles. The Labute approximate surface area is 128 Å². The van der Waals surface area contributed by atoms with Gasteiger partial charge < -0.3 is 4.57 Å². The van der Waals surface area contributed by atoms with Crippen molar-refractivity contribution in [3.63, 3.8) is 0 Å². The van der Waals surface area contributed by atoms with Crippen molar-refractivity contribution in [2.24, 2.45) is 0 Å². The van der Waals surface area contributed by atoms with E-state index in [2.05, 4.69) is 48.9 Å². The Morgan fingerprint density at radius 3 is 2.71 bits per heavy atom. The minimum Gasteiger partial charge on any atom is -0.322 e. The molecule has 106 valence electrons. The summed E-state index contributed by atoms with van der Waals surface area (Å²) in [5.41, 5.74) is 2.60. The van der Waals surface area contributed by atoms with Crippen LogP contribution in [0.2, 0.25) is 0 Å². The molecule has 0 aliphatic heterocycles. The molecule has 3 nitrogen and oxygen atoms in total. The molecule has 0 saturated carbocycles. The Balaban J connectivity index is 2.20. The molecule has 0 amide bonds. The summed E-state index contributed by atoms with van der Waals surface area (Å²) >= 11 is 1.75.